The third kappa shape index (κ3) is 4.41. The van der Waals surface area contributed by atoms with E-state index in [-0.39, 0.29) is 0 Å². The summed E-state index contributed by atoms with van der Waals surface area (Å²) in [5.74, 6) is 0. The van der Waals surface area contributed by atoms with Crippen LogP contribution in [0.3, 0.4) is 0 Å². The van der Waals surface area contributed by atoms with E-state index in [1.54, 1.807) is 0 Å². The lowest BCUT2D eigenvalue weighted by Crippen LogP contribution is -2.26. The zero-order valence-electron chi connectivity index (χ0n) is 7.90. The first-order valence-corrected chi connectivity index (χ1v) is 4.70. The van der Waals surface area contributed by atoms with E-state index in [1.807, 2.05) is 13.8 Å². The van der Waals surface area contributed by atoms with E-state index in [1.165, 1.54) is 0 Å². The van der Waals surface area contributed by atoms with Crippen LogP contribution < -0.4 is 0 Å². The smallest absolute Gasteiger partial charge is 0.0642 e. The van der Waals surface area contributed by atoms with Gasteiger partial charge in [-0.3, -0.25) is 0 Å². The highest BCUT2D eigenvalue weighted by molar-refractivity contribution is 4.74. The molecule has 1 N–H and O–H groups in total. The van der Waals surface area contributed by atoms with Crippen molar-refractivity contribution < 1.29 is 5.11 Å². The molecule has 0 spiro atoms. The summed E-state index contributed by atoms with van der Waals surface area (Å²) >= 11 is 0. The van der Waals surface area contributed by atoms with Crippen LogP contribution in [0, 0.1) is 6.92 Å². The maximum Gasteiger partial charge on any atom is 0.0642 e. The van der Waals surface area contributed by atoms with Gasteiger partial charge in [-0.2, -0.15) is 0 Å². The highest BCUT2D eigenvalue weighted by Crippen LogP contribution is 2.21. The van der Waals surface area contributed by atoms with Crippen molar-refractivity contribution in [3.8, 4) is 0 Å². The summed E-state index contributed by atoms with van der Waals surface area (Å²) in [6.45, 7) is 7.87. The molecule has 0 saturated heterocycles. The Hall–Kier alpha value is -0.0400. The fraction of sp³-hybridized carbons (Fsp3) is 0.900. The Morgan fingerprint density at radius 3 is 2.09 bits per heavy atom. The first kappa shape index (κ1) is 11.0. The number of hydrogen-bond donors (Lipinski definition) is 1. The Morgan fingerprint density at radius 1 is 1.18 bits per heavy atom. The van der Waals surface area contributed by atoms with Crippen molar-refractivity contribution in [2.45, 2.75) is 58.0 Å². The second-order valence-electron chi connectivity index (χ2n) is 3.24. The molecule has 0 aromatic carbocycles. The Kier molecular flexibility index (Phi) is 5.57. The predicted molar refractivity (Wildman–Crippen MR) is 49.4 cm³/mol. The Balaban J connectivity index is 3.51. The van der Waals surface area contributed by atoms with Crippen LogP contribution in [0.2, 0.25) is 0 Å². The summed E-state index contributed by atoms with van der Waals surface area (Å²) < 4.78 is 0. The maximum atomic E-state index is 9.83. The molecule has 67 valence electrons. The fourth-order valence-corrected chi connectivity index (χ4v) is 1.23. The van der Waals surface area contributed by atoms with E-state index in [2.05, 4.69) is 6.92 Å². The zero-order chi connectivity index (χ0) is 8.74. The first-order valence-electron chi connectivity index (χ1n) is 4.70. The molecular weight excluding hydrogens is 136 g/mol. The van der Waals surface area contributed by atoms with Crippen molar-refractivity contribution in [2.24, 2.45) is 0 Å². The lowest BCUT2D eigenvalue weighted by molar-refractivity contribution is 0.0213. The Labute approximate surface area is 70.8 Å². The van der Waals surface area contributed by atoms with E-state index in [4.69, 9.17) is 0 Å². The van der Waals surface area contributed by atoms with Gasteiger partial charge < -0.3 is 5.11 Å². The van der Waals surface area contributed by atoms with Gasteiger partial charge in [0.1, 0.15) is 0 Å². The molecule has 0 unspecified atom stereocenters. The van der Waals surface area contributed by atoms with Gasteiger partial charge in [0.25, 0.3) is 0 Å². The van der Waals surface area contributed by atoms with Crippen LogP contribution in [0.5, 0.6) is 0 Å². The third-order valence-corrected chi connectivity index (χ3v) is 2.46. The largest absolute Gasteiger partial charge is 0.390 e. The summed E-state index contributed by atoms with van der Waals surface area (Å²) in [6.07, 6.45) is 5.93. The molecule has 0 aliphatic rings. The molecule has 1 nitrogen and oxygen atoms in total. The van der Waals surface area contributed by atoms with Crippen LogP contribution in [0.1, 0.15) is 52.4 Å². The number of rotatable bonds is 6. The van der Waals surface area contributed by atoms with Crippen molar-refractivity contribution in [2.75, 3.05) is 0 Å². The second kappa shape index (κ2) is 5.59. The van der Waals surface area contributed by atoms with Crippen molar-refractivity contribution >= 4 is 0 Å². The summed E-state index contributed by atoms with van der Waals surface area (Å²) in [7, 11) is 0. The van der Waals surface area contributed by atoms with Crippen molar-refractivity contribution in [1.82, 2.24) is 0 Å². The lowest BCUT2D eigenvalue weighted by atomic mass is 9.91. The van der Waals surface area contributed by atoms with Crippen LogP contribution in [-0.4, -0.2) is 10.7 Å². The molecule has 0 saturated carbocycles. The topological polar surface area (TPSA) is 20.2 Å². The van der Waals surface area contributed by atoms with Gasteiger partial charge in [-0.15, -0.1) is 0 Å². The number of unbranched alkanes of at least 4 members (excludes halogenated alkanes) is 2. The van der Waals surface area contributed by atoms with Gasteiger partial charge in [0.05, 0.1) is 5.60 Å². The average molecular weight is 157 g/mol. The molecule has 0 aliphatic carbocycles. The molecule has 0 aromatic heterocycles. The monoisotopic (exact) mass is 157 g/mol. The molecule has 11 heavy (non-hydrogen) atoms. The van der Waals surface area contributed by atoms with E-state index in [0.717, 1.165) is 38.5 Å². The zero-order valence-corrected chi connectivity index (χ0v) is 7.90. The molecule has 0 amide bonds. The Morgan fingerprint density at radius 2 is 1.73 bits per heavy atom. The summed E-state index contributed by atoms with van der Waals surface area (Å²) in [5, 5.41) is 9.83. The van der Waals surface area contributed by atoms with Crippen LogP contribution in [0.25, 0.3) is 0 Å². The summed E-state index contributed by atoms with van der Waals surface area (Å²) in [4.78, 5) is 0. The SMILES string of the molecule is [CH2]CCCCC(O)(CC)CC. The Bertz CT molecular complexity index is 84.9. The summed E-state index contributed by atoms with van der Waals surface area (Å²) in [6, 6.07) is 0. The minimum absolute atomic E-state index is 0.394. The molecule has 0 aromatic rings. The molecule has 1 heteroatoms. The third-order valence-electron chi connectivity index (χ3n) is 2.46. The van der Waals surface area contributed by atoms with Crippen molar-refractivity contribution in [1.29, 1.82) is 0 Å². The highest BCUT2D eigenvalue weighted by Gasteiger charge is 2.20. The normalized spacial score (nSPS) is 12.0. The van der Waals surface area contributed by atoms with Gasteiger partial charge in [-0.1, -0.05) is 40.0 Å². The average Bonchev–Trinajstić information content (AvgIpc) is 2.05. The quantitative estimate of drug-likeness (QED) is 0.588. The summed E-state index contributed by atoms with van der Waals surface area (Å²) in [5.41, 5.74) is -0.394. The van der Waals surface area contributed by atoms with Crippen LogP contribution in [0.4, 0.5) is 0 Å². The molecule has 0 rings (SSSR count). The van der Waals surface area contributed by atoms with Gasteiger partial charge in [-0.25, -0.2) is 0 Å². The molecule has 0 aliphatic heterocycles. The van der Waals surface area contributed by atoms with Crippen LogP contribution >= 0.6 is 0 Å². The minimum Gasteiger partial charge on any atom is -0.390 e. The van der Waals surface area contributed by atoms with Crippen molar-refractivity contribution in [3.63, 3.8) is 0 Å². The first-order chi connectivity index (χ1) is 5.18. The molecule has 1 radical (unpaired) electrons. The van der Waals surface area contributed by atoms with E-state index < -0.39 is 5.60 Å². The van der Waals surface area contributed by atoms with Gasteiger partial charge >= 0.3 is 0 Å². The molecular formula is C10H21O. The number of hydrogen-bond acceptors (Lipinski definition) is 1. The van der Waals surface area contributed by atoms with E-state index in [0.29, 0.717) is 0 Å². The van der Waals surface area contributed by atoms with Gasteiger partial charge in [0, 0.05) is 0 Å². The van der Waals surface area contributed by atoms with Gasteiger partial charge in [-0.05, 0) is 19.3 Å². The second-order valence-corrected chi connectivity index (χ2v) is 3.24. The van der Waals surface area contributed by atoms with E-state index in [9.17, 15) is 5.11 Å². The molecule has 0 bridgehead atoms. The van der Waals surface area contributed by atoms with Gasteiger partial charge in [0.2, 0.25) is 0 Å². The molecule has 0 atom stereocenters. The highest BCUT2D eigenvalue weighted by atomic mass is 16.3. The maximum absolute atomic E-state index is 9.83. The van der Waals surface area contributed by atoms with Gasteiger partial charge in [0.15, 0.2) is 0 Å². The van der Waals surface area contributed by atoms with Crippen LogP contribution in [0.15, 0.2) is 0 Å². The molecule has 0 fully saturated rings. The van der Waals surface area contributed by atoms with Crippen LogP contribution in [-0.2, 0) is 0 Å². The predicted octanol–water partition coefficient (Wildman–Crippen LogP) is 2.93. The minimum atomic E-state index is -0.394. The lowest BCUT2D eigenvalue weighted by Gasteiger charge is -2.24. The number of aliphatic hydroxyl groups is 1. The molecule has 0 heterocycles. The standard InChI is InChI=1S/C10H21O/c1-4-7-8-9-10(11,5-2)6-3/h11H,1,4-9H2,2-3H3. The van der Waals surface area contributed by atoms with E-state index >= 15 is 0 Å². The fourth-order valence-electron chi connectivity index (χ4n) is 1.23. The van der Waals surface area contributed by atoms with Crippen molar-refractivity contribution in [3.05, 3.63) is 6.92 Å².